The fraction of sp³-hybridized carbons (Fsp3) is 0.529. The number of amides is 1. The van der Waals surface area contributed by atoms with Gasteiger partial charge in [0, 0.05) is 25.4 Å². The zero-order valence-corrected chi connectivity index (χ0v) is 14.3. The van der Waals surface area contributed by atoms with Crippen LogP contribution in [0.5, 0.6) is 0 Å². The van der Waals surface area contributed by atoms with E-state index in [1.54, 1.807) is 4.90 Å². The number of piperidine rings is 1. The SMILES string of the molecule is CC(C)Cc1oncc1C(=O)N1CCCC(c2ocnc2C(=O)O)C1. The molecule has 1 N–H and O–H groups in total. The maximum absolute atomic E-state index is 12.9. The van der Waals surface area contributed by atoms with Gasteiger partial charge in [-0.3, -0.25) is 4.79 Å². The highest BCUT2D eigenvalue weighted by molar-refractivity contribution is 5.95. The summed E-state index contributed by atoms with van der Waals surface area (Å²) < 4.78 is 10.5. The highest BCUT2D eigenvalue weighted by Crippen LogP contribution is 2.30. The lowest BCUT2D eigenvalue weighted by Gasteiger charge is -2.31. The number of oxazole rings is 1. The number of nitrogens with zero attached hydrogens (tertiary/aromatic N) is 3. The second-order valence-electron chi connectivity index (χ2n) is 6.72. The summed E-state index contributed by atoms with van der Waals surface area (Å²) in [5, 5.41) is 13.0. The molecule has 1 fully saturated rings. The molecule has 8 nitrogen and oxygen atoms in total. The lowest BCUT2D eigenvalue weighted by atomic mass is 9.93. The van der Waals surface area contributed by atoms with Gasteiger partial charge in [0.05, 0.1) is 6.20 Å². The minimum absolute atomic E-state index is 0.0789. The zero-order valence-electron chi connectivity index (χ0n) is 14.3. The van der Waals surface area contributed by atoms with Crippen LogP contribution in [0, 0.1) is 5.92 Å². The average Bonchev–Trinajstić information content (AvgIpc) is 3.23. The lowest BCUT2D eigenvalue weighted by molar-refractivity contribution is 0.0681. The Morgan fingerprint density at radius 2 is 2.24 bits per heavy atom. The Morgan fingerprint density at radius 1 is 1.44 bits per heavy atom. The van der Waals surface area contributed by atoms with Crippen LogP contribution in [0.25, 0.3) is 0 Å². The van der Waals surface area contributed by atoms with Crippen LogP contribution in [0.1, 0.15) is 65.0 Å². The van der Waals surface area contributed by atoms with E-state index in [1.165, 1.54) is 6.20 Å². The van der Waals surface area contributed by atoms with Crippen LogP contribution >= 0.6 is 0 Å². The first-order valence-corrected chi connectivity index (χ1v) is 8.36. The molecule has 2 aromatic heterocycles. The van der Waals surface area contributed by atoms with E-state index in [2.05, 4.69) is 10.1 Å². The molecule has 134 valence electrons. The number of aromatic nitrogens is 2. The average molecular weight is 347 g/mol. The van der Waals surface area contributed by atoms with Gasteiger partial charge in [0.25, 0.3) is 5.91 Å². The molecule has 2 aromatic rings. The highest BCUT2D eigenvalue weighted by Gasteiger charge is 2.32. The van der Waals surface area contributed by atoms with Gasteiger partial charge in [0.2, 0.25) is 0 Å². The largest absolute Gasteiger partial charge is 0.476 e. The van der Waals surface area contributed by atoms with Crippen LogP contribution in [0.3, 0.4) is 0 Å². The highest BCUT2D eigenvalue weighted by atomic mass is 16.5. The molecule has 0 spiro atoms. The number of carbonyl (C=O) groups excluding carboxylic acids is 1. The van der Waals surface area contributed by atoms with Gasteiger partial charge in [-0.25, -0.2) is 9.78 Å². The molecule has 3 rings (SSSR count). The van der Waals surface area contributed by atoms with Gasteiger partial charge in [-0.1, -0.05) is 19.0 Å². The predicted octanol–water partition coefficient (Wildman–Crippen LogP) is 2.58. The quantitative estimate of drug-likeness (QED) is 0.885. The number of carboxylic acid groups (broad SMARTS) is 1. The molecule has 25 heavy (non-hydrogen) atoms. The molecule has 0 aliphatic carbocycles. The van der Waals surface area contributed by atoms with E-state index in [1.807, 2.05) is 13.8 Å². The van der Waals surface area contributed by atoms with Crippen molar-refractivity contribution < 1.29 is 23.6 Å². The first-order chi connectivity index (χ1) is 12.0. The van der Waals surface area contributed by atoms with Crippen LogP contribution in [0.15, 0.2) is 21.5 Å². The predicted molar refractivity (Wildman–Crippen MR) is 86.4 cm³/mol. The molecule has 1 amide bonds. The van der Waals surface area contributed by atoms with Gasteiger partial charge in [0.1, 0.15) is 17.1 Å². The Kier molecular flexibility index (Phi) is 4.87. The van der Waals surface area contributed by atoms with Crippen molar-refractivity contribution in [2.24, 2.45) is 5.92 Å². The molecule has 1 aliphatic rings. The van der Waals surface area contributed by atoms with Crippen molar-refractivity contribution in [3.05, 3.63) is 35.4 Å². The third-order valence-electron chi connectivity index (χ3n) is 4.35. The minimum atomic E-state index is -1.12. The molecule has 1 unspecified atom stereocenters. The van der Waals surface area contributed by atoms with Crippen molar-refractivity contribution in [2.45, 2.75) is 39.0 Å². The number of carboxylic acids is 1. The Labute approximate surface area is 144 Å². The summed E-state index contributed by atoms with van der Waals surface area (Å²) in [4.78, 5) is 29.6. The molecule has 0 bridgehead atoms. The van der Waals surface area contributed by atoms with Crippen molar-refractivity contribution in [1.29, 1.82) is 0 Å². The number of rotatable bonds is 5. The van der Waals surface area contributed by atoms with Gasteiger partial charge in [-0.15, -0.1) is 0 Å². The molecular formula is C17H21N3O5. The first kappa shape index (κ1) is 17.2. The lowest BCUT2D eigenvalue weighted by Crippen LogP contribution is -2.39. The van der Waals surface area contributed by atoms with E-state index in [9.17, 15) is 14.7 Å². The van der Waals surface area contributed by atoms with Gasteiger partial charge in [0.15, 0.2) is 12.1 Å². The van der Waals surface area contributed by atoms with Crippen molar-refractivity contribution in [3.8, 4) is 0 Å². The van der Waals surface area contributed by atoms with Crippen LogP contribution < -0.4 is 0 Å². The number of carbonyl (C=O) groups is 2. The molecular weight excluding hydrogens is 326 g/mol. The topological polar surface area (TPSA) is 110 Å². The zero-order chi connectivity index (χ0) is 18.0. The molecule has 0 saturated carbocycles. The summed E-state index contributed by atoms with van der Waals surface area (Å²) in [5.74, 6) is -0.171. The van der Waals surface area contributed by atoms with Crippen LogP contribution in [0.4, 0.5) is 0 Å². The molecule has 0 radical (unpaired) electrons. The molecule has 3 heterocycles. The Hall–Kier alpha value is -2.64. The molecule has 1 aliphatic heterocycles. The van der Waals surface area contributed by atoms with E-state index in [0.717, 1.165) is 19.2 Å². The maximum atomic E-state index is 12.9. The second kappa shape index (κ2) is 7.08. The van der Waals surface area contributed by atoms with Gasteiger partial charge < -0.3 is 18.9 Å². The summed E-state index contributed by atoms with van der Waals surface area (Å²) in [6.45, 7) is 5.09. The number of hydrogen-bond acceptors (Lipinski definition) is 6. The first-order valence-electron chi connectivity index (χ1n) is 8.36. The standard InChI is InChI=1S/C17H21N3O5/c1-10(2)6-13-12(7-19-25-13)16(21)20-5-3-4-11(8-20)15-14(17(22)23)18-9-24-15/h7,9-11H,3-6,8H2,1-2H3,(H,22,23). The van der Waals surface area contributed by atoms with E-state index >= 15 is 0 Å². The van der Waals surface area contributed by atoms with Crippen molar-refractivity contribution in [1.82, 2.24) is 15.0 Å². The maximum Gasteiger partial charge on any atom is 0.358 e. The summed E-state index contributed by atoms with van der Waals surface area (Å²) in [5.41, 5.74) is 0.398. The molecule has 8 heteroatoms. The third-order valence-corrected chi connectivity index (χ3v) is 4.35. The summed E-state index contributed by atoms with van der Waals surface area (Å²) in [6, 6.07) is 0. The van der Waals surface area contributed by atoms with Crippen molar-refractivity contribution in [3.63, 3.8) is 0 Å². The normalized spacial score (nSPS) is 17.9. The van der Waals surface area contributed by atoms with Gasteiger partial charge in [-0.2, -0.15) is 0 Å². The van der Waals surface area contributed by atoms with Crippen molar-refractivity contribution in [2.75, 3.05) is 13.1 Å². The smallest absolute Gasteiger partial charge is 0.358 e. The molecule has 0 aromatic carbocycles. The van der Waals surface area contributed by atoms with Crippen molar-refractivity contribution >= 4 is 11.9 Å². The summed E-state index contributed by atoms with van der Waals surface area (Å²) >= 11 is 0. The van der Waals surface area contributed by atoms with Crippen LogP contribution in [-0.2, 0) is 6.42 Å². The Balaban J connectivity index is 1.77. The fourth-order valence-corrected chi connectivity index (χ4v) is 3.21. The number of hydrogen-bond donors (Lipinski definition) is 1. The second-order valence-corrected chi connectivity index (χ2v) is 6.72. The third kappa shape index (κ3) is 3.57. The van der Waals surface area contributed by atoms with Gasteiger partial charge in [-0.05, 0) is 18.8 Å². The number of likely N-dealkylation sites (tertiary alicyclic amines) is 1. The number of aromatic carboxylic acids is 1. The van der Waals surface area contributed by atoms with E-state index in [4.69, 9.17) is 8.94 Å². The Morgan fingerprint density at radius 3 is 2.96 bits per heavy atom. The van der Waals surface area contributed by atoms with E-state index in [-0.39, 0.29) is 17.5 Å². The Bertz CT molecular complexity index is 764. The van der Waals surface area contributed by atoms with E-state index < -0.39 is 5.97 Å². The van der Waals surface area contributed by atoms with Crippen LogP contribution in [0.2, 0.25) is 0 Å². The van der Waals surface area contributed by atoms with E-state index in [0.29, 0.717) is 42.5 Å². The minimum Gasteiger partial charge on any atom is -0.476 e. The molecule has 1 saturated heterocycles. The van der Waals surface area contributed by atoms with Gasteiger partial charge >= 0.3 is 5.97 Å². The monoisotopic (exact) mass is 347 g/mol. The molecule has 1 atom stereocenters. The summed E-state index contributed by atoms with van der Waals surface area (Å²) in [6.07, 6.45) is 4.76. The fourth-order valence-electron chi connectivity index (χ4n) is 3.21. The summed E-state index contributed by atoms with van der Waals surface area (Å²) in [7, 11) is 0. The van der Waals surface area contributed by atoms with Crippen LogP contribution in [-0.4, -0.2) is 45.1 Å².